The summed E-state index contributed by atoms with van der Waals surface area (Å²) < 4.78 is 0. The Morgan fingerprint density at radius 3 is 2.58 bits per heavy atom. The summed E-state index contributed by atoms with van der Waals surface area (Å²) in [5.74, 6) is 1.50. The van der Waals surface area contributed by atoms with Crippen LogP contribution < -0.4 is 5.32 Å². The smallest absolute Gasteiger partial charge is 0.253 e. The van der Waals surface area contributed by atoms with E-state index in [9.17, 15) is 9.59 Å². The van der Waals surface area contributed by atoms with Crippen LogP contribution in [-0.2, 0) is 4.79 Å². The summed E-state index contributed by atoms with van der Waals surface area (Å²) >= 11 is 0. The van der Waals surface area contributed by atoms with Crippen LogP contribution in [0.5, 0.6) is 0 Å². The number of amides is 2. The van der Waals surface area contributed by atoms with Crippen molar-refractivity contribution in [2.75, 3.05) is 18.4 Å². The molecule has 1 saturated heterocycles. The molecule has 0 aromatic heterocycles. The molecule has 2 aliphatic rings. The first-order valence-electron chi connectivity index (χ1n) is 9.79. The largest absolute Gasteiger partial charge is 0.338 e. The molecule has 26 heavy (non-hydrogen) atoms. The second-order valence-corrected chi connectivity index (χ2v) is 8.20. The third-order valence-electron chi connectivity index (χ3n) is 5.47. The van der Waals surface area contributed by atoms with E-state index in [2.05, 4.69) is 31.3 Å². The molecule has 1 aromatic carbocycles. The standard InChI is InChI=1S/C22H30N2O2/c1-15-10-16(2)14-24(13-15)22(26)19-9-8-17(3)20(12-19)23-21(25)11-18-6-4-5-7-18/h4,6,8-9,12,15-16,18H,5,7,10-11,13-14H2,1-3H3,(H,23,25). The Bertz CT molecular complexity index is 700. The molecule has 3 rings (SSSR count). The molecule has 0 radical (unpaired) electrons. The maximum absolute atomic E-state index is 12.9. The highest BCUT2D eigenvalue weighted by atomic mass is 16.2. The molecular formula is C22H30N2O2. The van der Waals surface area contributed by atoms with E-state index in [0.717, 1.165) is 37.2 Å². The van der Waals surface area contributed by atoms with Crippen molar-refractivity contribution >= 4 is 17.5 Å². The quantitative estimate of drug-likeness (QED) is 0.814. The number of rotatable bonds is 4. The molecule has 1 N–H and O–H groups in total. The predicted octanol–water partition coefficient (Wildman–Crippen LogP) is 4.41. The minimum atomic E-state index is 0.0227. The Labute approximate surface area is 156 Å². The van der Waals surface area contributed by atoms with Crippen LogP contribution in [0.2, 0.25) is 0 Å². The number of anilines is 1. The number of hydrogen-bond acceptors (Lipinski definition) is 2. The lowest BCUT2D eigenvalue weighted by Crippen LogP contribution is -2.42. The summed E-state index contributed by atoms with van der Waals surface area (Å²) in [4.78, 5) is 27.2. The van der Waals surface area contributed by atoms with E-state index in [1.165, 1.54) is 6.42 Å². The number of nitrogens with zero attached hydrogens (tertiary/aromatic N) is 1. The monoisotopic (exact) mass is 354 g/mol. The number of carbonyl (C=O) groups is 2. The highest BCUT2D eigenvalue weighted by Gasteiger charge is 2.26. The molecule has 2 amide bonds. The predicted molar refractivity (Wildman–Crippen MR) is 105 cm³/mol. The SMILES string of the molecule is Cc1ccc(C(=O)N2CC(C)CC(C)C2)cc1NC(=O)CC1C=CCC1. The van der Waals surface area contributed by atoms with Gasteiger partial charge in [0, 0.05) is 30.8 Å². The van der Waals surface area contributed by atoms with Crippen molar-refractivity contribution in [1.29, 1.82) is 0 Å². The van der Waals surface area contributed by atoms with Gasteiger partial charge in [-0.25, -0.2) is 0 Å². The number of hydrogen-bond donors (Lipinski definition) is 1. The summed E-state index contributed by atoms with van der Waals surface area (Å²) in [5, 5.41) is 3.01. The highest BCUT2D eigenvalue weighted by molar-refractivity contribution is 5.98. The van der Waals surface area contributed by atoms with Crippen LogP contribution in [0.25, 0.3) is 0 Å². The Morgan fingerprint density at radius 2 is 1.92 bits per heavy atom. The minimum absolute atomic E-state index is 0.0227. The van der Waals surface area contributed by atoms with Crippen LogP contribution in [0.15, 0.2) is 30.4 Å². The Hall–Kier alpha value is -2.10. The molecule has 140 valence electrons. The van der Waals surface area contributed by atoms with Gasteiger partial charge in [-0.15, -0.1) is 0 Å². The lowest BCUT2D eigenvalue weighted by molar-refractivity contribution is -0.116. The van der Waals surface area contributed by atoms with Gasteiger partial charge in [0.05, 0.1) is 0 Å². The van der Waals surface area contributed by atoms with Gasteiger partial charge >= 0.3 is 0 Å². The van der Waals surface area contributed by atoms with Crippen LogP contribution in [-0.4, -0.2) is 29.8 Å². The number of allylic oxidation sites excluding steroid dienone is 2. The first kappa shape index (κ1) is 18.7. The topological polar surface area (TPSA) is 49.4 Å². The Kier molecular flexibility index (Phi) is 5.80. The molecule has 3 unspecified atom stereocenters. The third-order valence-corrected chi connectivity index (χ3v) is 5.47. The number of piperidine rings is 1. The Morgan fingerprint density at radius 1 is 1.19 bits per heavy atom. The second-order valence-electron chi connectivity index (χ2n) is 8.20. The maximum atomic E-state index is 12.9. The average Bonchev–Trinajstić information content (AvgIpc) is 3.08. The number of likely N-dealkylation sites (tertiary alicyclic amines) is 1. The van der Waals surface area contributed by atoms with Gasteiger partial charge in [0.1, 0.15) is 0 Å². The van der Waals surface area contributed by atoms with Crippen LogP contribution in [0.4, 0.5) is 5.69 Å². The summed E-state index contributed by atoms with van der Waals surface area (Å²) in [7, 11) is 0. The molecule has 1 aliphatic carbocycles. The van der Waals surface area contributed by atoms with Crippen LogP contribution >= 0.6 is 0 Å². The zero-order valence-corrected chi connectivity index (χ0v) is 16.1. The van der Waals surface area contributed by atoms with Crippen molar-refractivity contribution in [3.63, 3.8) is 0 Å². The zero-order chi connectivity index (χ0) is 18.7. The Balaban J connectivity index is 1.69. The van der Waals surface area contributed by atoms with Crippen molar-refractivity contribution in [3.05, 3.63) is 41.5 Å². The van der Waals surface area contributed by atoms with Gasteiger partial charge in [-0.1, -0.05) is 32.1 Å². The van der Waals surface area contributed by atoms with Crippen molar-refractivity contribution < 1.29 is 9.59 Å². The normalized spacial score (nSPS) is 25.3. The maximum Gasteiger partial charge on any atom is 0.253 e. The van der Waals surface area contributed by atoms with Crippen LogP contribution in [0.3, 0.4) is 0 Å². The fourth-order valence-electron chi connectivity index (χ4n) is 4.21. The van der Waals surface area contributed by atoms with E-state index in [4.69, 9.17) is 0 Å². The average molecular weight is 354 g/mol. The van der Waals surface area contributed by atoms with E-state index in [1.807, 2.05) is 30.0 Å². The van der Waals surface area contributed by atoms with E-state index >= 15 is 0 Å². The van der Waals surface area contributed by atoms with Gasteiger partial charge in [-0.3, -0.25) is 9.59 Å². The number of benzene rings is 1. The molecule has 3 atom stereocenters. The molecule has 0 spiro atoms. The molecule has 1 aliphatic heterocycles. The molecule has 4 heteroatoms. The summed E-state index contributed by atoms with van der Waals surface area (Å²) in [6.07, 6.45) is 8.07. The minimum Gasteiger partial charge on any atom is -0.338 e. The van der Waals surface area contributed by atoms with Crippen molar-refractivity contribution in [1.82, 2.24) is 4.90 Å². The number of nitrogens with one attached hydrogen (secondary N) is 1. The zero-order valence-electron chi connectivity index (χ0n) is 16.1. The van der Waals surface area contributed by atoms with Gasteiger partial charge in [0.15, 0.2) is 0 Å². The third kappa shape index (κ3) is 4.54. The van der Waals surface area contributed by atoms with Gasteiger partial charge < -0.3 is 10.2 Å². The number of carbonyl (C=O) groups excluding carboxylic acids is 2. The summed E-state index contributed by atoms with van der Waals surface area (Å²) in [6, 6.07) is 5.64. The van der Waals surface area contributed by atoms with Crippen LogP contribution in [0, 0.1) is 24.7 Å². The van der Waals surface area contributed by atoms with E-state index in [0.29, 0.717) is 29.7 Å². The van der Waals surface area contributed by atoms with Gasteiger partial charge in [0.2, 0.25) is 5.91 Å². The fourth-order valence-corrected chi connectivity index (χ4v) is 4.21. The number of aryl methyl sites for hydroxylation is 1. The highest BCUT2D eigenvalue weighted by Crippen LogP contribution is 2.25. The van der Waals surface area contributed by atoms with E-state index in [1.54, 1.807) is 0 Å². The van der Waals surface area contributed by atoms with Crippen molar-refractivity contribution in [3.8, 4) is 0 Å². The molecule has 1 aromatic rings. The van der Waals surface area contributed by atoms with E-state index in [-0.39, 0.29) is 11.8 Å². The second kappa shape index (κ2) is 8.07. The molecule has 1 heterocycles. The van der Waals surface area contributed by atoms with Gasteiger partial charge in [-0.2, -0.15) is 0 Å². The first-order chi connectivity index (χ1) is 12.4. The molecule has 0 saturated carbocycles. The van der Waals surface area contributed by atoms with Crippen LogP contribution in [0.1, 0.15) is 55.5 Å². The fraction of sp³-hybridized carbons (Fsp3) is 0.545. The van der Waals surface area contributed by atoms with Crippen molar-refractivity contribution in [2.24, 2.45) is 17.8 Å². The lowest BCUT2D eigenvalue weighted by atomic mass is 9.91. The summed E-state index contributed by atoms with van der Waals surface area (Å²) in [5.41, 5.74) is 2.39. The first-order valence-corrected chi connectivity index (χ1v) is 9.79. The molecule has 4 nitrogen and oxygen atoms in total. The van der Waals surface area contributed by atoms with E-state index < -0.39 is 0 Å². The summed E-state index contributed by atoms with van der Waals surface area (Å²) in [6.45, 7) is 7.99. The van der Waals surface area contributed by atoms with Gasteiger partial charge in [0.25, 0.3) is 5.91 Å². The van der Waals surface area contributed by atoms with Crippen molar-refractivity contribution in [2.45, 2.75) is 46.5 Å². The molecular weight excluding hydrogens is 324 g/mol. The molecule has 0 bridgehead atoms. The lowest BCUT2D eigenvalue weighted by Gasteiger charge is -2.35. The van der Waals surface area contributed by atoms with Gasteiger partial charge in [-0.05, 0) is 61.6 Å². The molecule has 1 fully saturated rings.